The van der Waals surface area contributed by atoms with Crippen molar-refractivity contribution in [2.24, 2.45) is 0 Å². The molecule has 0 N–H and O–H groups in total. The van der Waals surface area contributed by atoms with Gasteiger partial charge in [-0.25, -0.2) is 4.98 Å². The highest BCUT2D eigenvalue weighted by atomic mass is 16.2. The van der Waals surface area contributed by atoms with E-state index in [-0.39, 0.29) is 5.91 Å². The van der Waals surface area contributed by atoms with Gasteiger partial charge in [-0.05, 0) is 37.1 Å². The smallest absolute Gasteiger partial charge is 0.257 e. The maximum absolute atomic E-state index is 12.8. The van der Waals surface area contributed by atoms with Crippen LogP contribution in [0, 0.1) is 0 Å². The molecule has 120 valence electrons. The molecule has 0 unspecified atom stereocenters. The quantitative estimate of drug-likeness (QED) is 0.851. The lowest BCUT2D eigenvalue weighted by atomic mass is 10.2. The lowest BCUT2D eigenvalue weighted by molar-refractivity contribution is 0.0796. The predicted octanol–water partition coefficient (Wildman–Crippen LogP) is 2.39. The summed E-state index contributed by atoms with van der Waals surface area (Å²) in [5.74, 6) is 0.843. The monoisotopic (exact) mass is 310 g/mol. The lowest BCUT2D eigenvalue weighted by Crippen LogP contribution is -2.31. The van der Waals surface area contributed by atoms with Crippen molar-refractivity contribution < 1.29 is 4.79 Å². The van der Waals surface area contributed by atoms with E-state index in [4.69, 9.17) is 0 Å². The summed E-state index contributed by atoms with van der Waals surface area (Å²) >= 11 is 0. The van der Waals surface area contributed by atoms with Crippen LogP contribution in [-0.4, -0.2) is 47.5 Å². The van der Waals surface area contributed by atoms with Gasteiger partial charge in [0.15, 0.2) is 0 Å². The zero-order valence-corrected chi connectivity index (χ0v) is 13.5. The normalized spacial score (nSPS) is 14.0. The average Bonchev–Trinajstić information content (AvgIpc) is 3.14. The van der Waals surface area contributed by atoms with Crippen molar-refractivity contribution in [1.82, 2.24) is 14.9 Å². The Bertz CT molecular complexity index is 653. The third-order valence-corrected chi connectivity index (χ3v) is 4.20. The van der Waals surface area contributed by atoms with Crippen molar-refractivity contribution in [3.8, 4) is 0 Å². The fourth-order valence-electron chi connectivity index (χ4n) is 2.88. The molecular weight excluding hydrogens is 288 g/mol. The second-order valence-electron chi connectivity index (χ2n) is 5.87. The van der Waals surface area contributed by atoms with Crippen LogP contribution in [0.25, 0.3) is 0 Å². The molecule has 5 nitrogen and oxygen atoms in total. The van der Waals surface area contributed by atoms with Gasteiger partial charge < -0.3 is 9.80 Å². The Kier molecular flexibility index (Phi) is 4.86. The third kappa shape index (κ3) is 3.67. The van der Waals surface area contributed by atoms with Crippen LogP contribution in [0.4, 0.5) is 5.82 Å². The van der Waals surface area contributed by atoms with Crippen molar-refractivity contribution in [1.29, 1.82) is 0 Å². The van der Waals surface area contributed by atoms with E-state index in [9.17, 15) is 4.79 Å². The summed E-state index contributed by atoms with van der Waals surface area (Å²) in [5.41, 5.74) is 1.69. The molecule has 0 radical (unpaired) electrons. The van der Waals surface area contributed by atoms with Crippen molar-refractivity contribution in [2.45, 2.75) is 19.3 Å². The van der Waals surface area contributed by atoms with E-state index < -0.39 is 0 Å². The molecule has 0 spiro atoms. The molecule has 1 aliphatic heterocycles. The van der Waals surface area contributed by atoms with Gasteiger partial charge in [0.05, 0.1) is 5.56 Å². The summed E-state index contributed by atoms with van der Waals surface area (Å²) in [6, 6.07) is 9.56. The fourth-order valence-corrected chi connectivity index (χ4v) is 2.88. The van der Waals surface area contributed by atoms with Crippen LogP contribution in [0.3, 0.4) is 0 Å². The topological polar surface area (TPSA) is 49.3 Å². The number of hydrogen-bond donors (Lipinski definition) is 0. The van der Waals surface area contributed by atoms with Crippen molar-refractivity contribution >= 4 is 11.7 Å². The van der Waals surface area contributed by atoms with Gasteiger partial charge >= 0.3 is 0 Å². The molecule has 0 atom stereocenters. The predicted molar refractivity (Wildman–Crippen MR) is 90.6 cm³/mol. The minimum atomic E-state index is 0.0240. The van der Waals surface area contributed by atoms with Gasteiger partial charge in [0.1, 0.15) is 5.82 Å². The van der Waals surface area contributed by atoms with Crippen molar-refractivity contribution in [3.63, 3.8) is 0 Å². The van der Waals surface area contributed by atoms with Gasteiger partial charge in [-0.15, -0.1) is 0 Å². The minimum Gasteiger partial charge on any atom is -0.356 e. The van der Waals surface area contributed by atoms with E-state index in [1.54, 1.807) is 17.3 Å². The first-order valence-corrected chi connectivity index (χ1v) is 8.11. The minimum absolute atomic E-state index is 0.0240. The summed E-state index contributed by atoms with van der Waals surface area (Å²) in [4.78, 5) is 25.5. The molecule has 0 aromatic carbocycles. The number of hydrogen-bond acceptors (Lipinski definition) is 4. The third-order valence-electron chi connectivity index (χ3n) is 4.20. The Morgan fingerprint density at radius 2 is 1.91 bits per heavy atom. The molecular formula is C18H22N4O. The molecule has 0 bridgehead atoms. The maximum Gasteiger partial charge on any atom is 0.257 e. The number of nitrogens with zero attached hydrogens (tertiary/aromatic N) is 4. The molecule has 0 saturated carbocycles. The lowest BCUT2D eigenvalue weighted by Gasteiger charge is -2.22. The molecule has 1 amide bonds. The molecule has 5 heteroatoms. The summed E-state index contributed by atoms with van der Waals surface area (Å²) in [6.07, 6.45) is 6.63. The van der Waals surface area contributed by atoms with Crippen LogP contribution in [-0.2, 0) is 6.42 Å². The highest BCUT2D eigenvalue weighted by Crippen LogP contribution is 2.22. The zero-order valence-electron chi connectivity index (χ0n) is 13.5. The van der Waals surface area contributed by atoms with Crippen LogP contribution < -0.4 is 4.90 Å². The fraction of sp³-hybridized carbons (Fsp3) is 0.389. The number of carbonyl (C=O) groups is 1. The molecule has 23 heavy (non-hydrogen) atoms. The van der Waals surface area contributed by atoms with Gasteiger partial charge in [0.2, 0.25) is 0 Å². The van der Waals surface area contributed by atoms with E-state index in [0.717, 1.165) is 31.0 Å². The first-order valence-electron chi connectivity index (χ1n) is 8.11. The van der Waals surface area contributed by atoms with E-state index in [2.05, 4.69) is 14.9 Å². The molecule has 1 aliphatic rings. The van der Waals surface area contributed by atoms with Gasteiger partial charge in [-0.1, -0.05) is 6.07 Å². The second kappa shape index (κ2) is 7.22. The number of amides is 1. The first kappa shape index (κ1) is 15.5. The number of anilines is 1. The molecule has 0 aliphatic carbocycles. The van der Waals surface area contributed by atoms with Crippen LogP contribution in [0.15, 0.2) is 42.7 Å². The summed E-state index contributed by atoms with van der Waals surface area (Å²) in [7, 11) is 1.84. The Morgan fingerprint density at radius 3 is 2.65 bits per heavy atom. The van der Waals surface area contributed by atoms with Crippen LogP contribution in [0.2, 0.25) is 0 Å². The van der Waals surface area contributed by atoms with Crippen molar-refractivity contribution in [3.05, 3.63) is 54.0 Å². The summed E-state index contributed by atoms with van der Waals surface area (Å²) in [5, 5.41) is 0. The number of aromatic nitrogens is 2. The number of carbonyl (C=O) groups excluding carboxylic acids is 1. The van der Waals surface area contributed by atoms with Crippen LogP contribution >= 0.6 is 0 Å². The van der Waals surface area contributed by atoms with Crippen molar-refractivity contribution in [2.75, 3.05) is 31.6 Å². The average molecular weight is 310 g/mol. The van der Waals surface area contributed by atoms with Crippen LogP contribution in [0.5, 0.6) is 0 Å². The Morgan fingerprint density at radius 1 is 1.13 bits per heavy atom. The van der Waals surface area contributed by atoms with Gasteiger partial charge in [0.25, 0.3) is 5.91 Å². The highest BCUT2D eigenvalue weighted by Gasteiger charge is 2.22. The zero-order chi connectivity index (χ0) is 16.1. The van der Waals surface area contributed by atoms with Crippen LogP contribution in [0.1, 0.15) is 28.9 Å². The van der Waals surface area contributed by atoms with E-state index in [0.29, 0.717) is 12.1 Å². The second-order valence-corrected chi connectivity index (χ2v) is 5.87. The van der Waals surface area contributed by atoms with Gasteiger partial charge in [-0.3, -0.25) is 9.78 Å². The SMILES string of the molecule is CN(CCc1ccccn1)C(=O)c1cccnc1N1CCCC1. The van der Waals surface area contributed by atoms with E-state index in [1.807, 2.05) is 37.4 Å². The Hall–Kier alpha value is -2.43. The molecule has 2 aromatic heterocycles. The molecule has 1 saturated heterocycles. The molecule has 3 rings (SSSR count). The Labute approximate surface area is 137 Å². The maximum atomic E-state index is 12.8. The number of rotatable bonds is 5. The standard InChI is InChI=1S/C18H22N4O/c1-21(14-9-15-7-2-3-10-19-15)18(23)16-8-6-11-20-17(16)22-12-4-5-13-22/h2-3,6-8,10-11H,4-5,9,12-14H2,1H3. The molecule has 1 fully saturated rings. The number of pyridine rings is 2. The first-order chi connectivity index (χ1) is 11.3. The van der Waals surface area contributed by atoms with Gasteiger partial charge in [0, 0.05) is 51.2 Å². The molecule has 2 aromatic rings. The molecule has 3 heterocycles. The highest BCUT2D eigenvalue weighted by molar-refractivity contribution is 5.98. The summed E-state index contributed by atoms with van der Waals surface area (Å²) < 4.78 is 0. The largest absolute Gasteiger partial charge is 0.356 e. The van der Waals surface area contributed by atoms with E-state index in [1.165, 1.54) is 12.8 Å². The van der Waals surface area contributed by atoms with Gasteiger partial charge in [-0.2, -0.15) is 0 Å². The van der Waals surface area contributed by atoms with E-state index >= 15 is 0 Å². The summed E-state index contributed by atoms with van der Waals surface area (Å²) in [6.45, 7) is 2.61. The number of likely N-dealkylation sites (N-methyl/N-ethyl adjacent to an activating group) is 1. The Balaban J connectivity index is 1.69.